The molecule has 1 saturated carbocycles. The van der Waals surface area contributed by atoms with Gasteiger partial charge in [-0.25, -0.2) is 4.98 Å². The molecule has 0 spiro atoms. The molecule has 2 rings (SSSR count). The van der Waals surface area contributed by atoms with Crippen LogP contribution >= 0.6 is 0 Å². The Labute approximate surface area is 126 Å². The monoisotopic (exact) mass is 286 g/mol. The largest absolute Gasteiger partial charge is 0.395 e. The number of nitrogens with one attached hydrogen (secondary N) is 1. The average Bonchev–Trinajstić information content (AvgIpc) is 2.82. The molecule has 0 saturated heterocycles. The number of carbonyl (C=O) groups excluding carboxylic acids is 1. The van der Waals surface area contributed by atoms with E-state index in [1.54, 1.807) is 18.3 Å². The molecule has 1 fully saturated rings. The van der Waals surface area contributed by atoms with Crippen molar-refractivity contribution in [2.75, 3.05) is 6.61 Å². The van der Waals surface area contributed by atoms with E-state index in [-0.39, 0.29) is 29.4 Å². The van der Waals surface area contributed by atoms with Crippen molar-refractivity contribution in [2.24, 2.45) is 10.8 Å². The first-order chi connectivity index (χ1) is 9.80. The summed E-state index contributed by atoms with van der Waals surface area (Å²) in [7, 11) is 0. The van der Waals surface area contributed by atoms with E-state index >= 15 is 0 Å². The molecule has 0 radical (unpaired) electrons. The molecular weight excluding hydrogens is 264 g/mol. The van der Waals surface area contributed by atoms with Crippen LogP contribution in [0.4, 0.5) is 0 Å². The van der Waals surface area contributed by atoms with E-state index in [1.165, 1.54) is 0 Å². The molecule has 1 heterocycles. The highest BCUT2D eigenvalue weighted by Crippen LogP contribution is 2.62. The Morgan fingerprint density at radius 1 is 1.33 bits per heavy atom. The third-order valence-electron chi connectivity index (χ3n) is 4.76. The number of nitrogens with zero attached hydrogens (tertiary/aromatic N) is 1. The number of carbonyl (C=O) groups is 1. The van der Waals surface area contributed by atoms with Crippen molar-refractivity contribution >= 4 is 5.91 Å². The second kappa shape index (κ2) is 5.50. The molecule has 0 bridgehead atoms. The van der Waals surface area contributed by atoms with Gasteiger partial charge in [-0.3, -0.25) is 4.79 Å². The molecule has 4 heteroatoms. The van der Waals surface area contributed by atoms with E-state index in [9.17, 15) is 4.79 Å². The SMILES string of the molecule is CC1(C)C(NC(=O)c2ccc(C#CCCO)cn2)C1(C)C. The molecule has 1 amide bonds. The number of hydrogen-bond acceptors (Lipinski definition) is 3. The van der Waals surface area contributed by atoms with Gasteiger partial charge in [0.05, 0.1) is 6.61 Å². The van der Waals surface area contributed by atoms with E-state index in [2.05, 4.69) is 49.8 Å². The first kappa shape index (κ1) is 15.5. The van der Waals surface area contributed by atoms with Crippen molar-refractivity contribution in [1.29, 1.82) is 0 Å². The van der Waals surface area contributed by atoms with Crippen LogP contribution in [0.1, 0.15) is 50.2 Å². The zero-order chi connectivity index (χ0) is 15.7. The topological polar surface area (TPSA) is 62.2 Å². The number of hydrogen-bond donors (Lipinski definition) is 2. The summed E-state index contributed by atoms with van der Waals surface area (Å²) in [5.74, 6) is 5.57. The minimum atomic E-state index is -0.145. The molecule has 21 heavy (non-hydrogen) atoms. The third kappa shape index (κ3) is 2.93. The number of amides is 1. The van der Waals surface area contributed by atoms with Gasteiger partial charge in [0.15, 0.2) is 0 Å². The number of pyridine rings is 1. The van der Waals surface area contributed by atoms with Crippen LogP contribution in [0, 0.1) is 22.7 Å². The molecule has 112 valence electrons. The highest BCUT2D eigenvalue weighted by molar-refractivity contribution is 5.92. The van der Waals surface area contributed by atoms with Crippen LogP contribution < -0.4 is 5.32 Å². The minimum Gasteiger partial charge on any atom is -0.395 e. The van der Waals surface area contributed by atoms with E-state index in [0.29, 0.717) is 12.1 Å². The summed E-state index contributed by atoms with van der Waals surface area (Å²) >= 11 is 0. The molecule has 1 aliphatic carbocycles. The zero-order valence-electron chi connectivity index (χ0n) is 13.0. The number of aromatic nitrogens is 1. The molecule has 1 aromatic heterocycles. The molecule has 0 aliphatic heterocycles. The molecule has 0 unspecified atom stereocenters. The molecule has 0 aromatic carbocycles. The van der Waals surface area contributed by atoms with Gasteiger partial charge in [0.1, 0.15) is 5.69 Å². The van der Waals surface area contributed by atoms with Crippen molar-refractivity contribution in [3.8, 4) is 11.8 Å². The Morgan fingerprint density at radius 2 is 2.00 bits per heavy atom. The minimum absolute atomic E-state index is 0.0495. The van der Waals surface area contributed by atoms with Gasteiger partial charge >= 0.3 is 0 Å². The summed E-state index contributed by atoms with van der Waals surface area (Å²) < 4.78 is 0. The summed E-state index contributed by atoms with van der Waals surface area (Å²) in [5.41, 5.74) is 1.37. The van der Waals surface area contributed by atoms with Gasteiger partial charge in [-0.15, -0.1) is 0 Å². The van der Waals surface area contributed by atoms with Gasteiger partial charge in [-0.05, 0) is 23.0 Å². The van der Waals surface area contributed by atoms with Crippen LogP contribution in [0.2, 0.25) is 0 Å². The van der Waals surface area contributed by atoms with Gasteiger partial charge in [0, 0.05) is 24.2 Å². The lowest BCUT2D eigenvalue weighted by Gasteiger charge is -2.06. The van der Waals surface area contributed by atoms with Crippen molar-refractivity contribution in [3.63, 3.8) is 0 Å². The Hall–Kier alpha value is -1.86. The number of rotatable bonds is 3. The quantitative estimate of drug-likeness (QED) is 0.835. The van der Waals surface area contributed by atoms with Crippen LogP contribution in [0.25, 0.3) is 0 Å². The average molecular weight is 286 g/mol. The fourth-order valence-corrected chi connectivity index (χ4v) is 2.58. The smallest absolute Gasteiger partial charge is 0.270 e. The lowest BCUT2D eigenvalue weighted by molar-refractivity contribution is 0.0938. The van der Waals surface area contributed by atoms with Gasteiger partial charge in [0.25, 0.3) is 5.91 Å². The maximum absolute atomic E-state index is 12.2. The van der Waals surface area contributed by atoms with Gasteiger partial charge in [0.2, 0.25) is 0 Å². The predicted molar refractivity (Wildman–Crippen MR) is 81.6 cm³/mol. The van der Waals surface area contributed by atoms with Gasteiger partial charge in [-0.2, -0.15) is 0 Å². The van der Waals surface area contributed by atoms with Crippen LogP contribution in [0.3, 0.4) is 0 Å². The summed E-state index contributed by atoms with van der Waals surface area (Å²) in [6.07, 6.45) is 2.02. The highest BCUT2D eigenvalue weighted by Gasteiger charge is 2.65. The summed E-state index contributed by atoms with van der Waals surface area (Å²) in [6.45, 7) is 8.68. The fourth-order valence-electron chi connectivity index (χ4n) is 2.58. The van der Waals surface area contributed by atoms with Crippen LogP contribution in [-0.2, 0) is 0 Å². The summed E-state index contributed by atoms with van der Waals surface area (Å²) in [6, 6.07) is 3.62. The maximum atomic E-state index is 12.2. The Morgan fingerprint density at radius 3 is 2.48 bits per heavy atom. The van der Waals surface area contributed by atoms with Crippen molar-refractivity contribution in [2.45, 2.75) is 40.2 Å². The molecule has 2 N–H and O–H groups in total. The van der Waals surface area contributed by atoms with Gasteiger partial charge < -0.3 is 10.4 Å². The zero-order valence-corrected chi connectivity index (χ0v) is 13.0. The Bertz CT molecular complexity index is 577. The second-order valence-corrected chi connectivity index (χ2v) is 6.56. The summed E-state index contributed by atoms with van der Waals surface area (Å²) in [5, 5.41) is 11.7. The lowest BCUT2D eigenvalue weighted by atomic mass is 10.0. The van der Waals surface area contributed by atoms with E-state index in [4.69, 9.17) is 5.11 Å². The Kier molecular flexibility index (Phi) is 4.06. The molecule has 1 aliphatic rings. The standard InChI is InChI=1S/C17H22N2O2/c1-16(2)15(17(16,3)4)19-14(21)13-9-8-12(11-18-13)7-5-6-10-20/h8-9,11,15,20H,6,10H2,1-4H3,(H,19,21). The molecule has 4 nitrogen and oxygen atoms in total. The van der Waals surface area contributed by atoms with E-state index < -0.39 is 0 Å². The lowest BCUT2D eigenvalue weighted by Crippen LogP contribution is -2.30. The Balaban J connectivity index is 2.00. The second-order valence-electron chi connectivity index (χ2n) is 6.56. The van der Waals surface area contributed by atoms with Crippen LogP contribution in [0.15, 0.2) is 18.3 Å². The first-order valence-corrected chi connectivity index (χ1v) is 7.17. The van der Waals surface area contributed by atoms with Crippen LogP contribution in [0.5, 0.6) is 0 Å². The maximum Gasteiger partial charge on any atom is 0.270 e. The summed E-state index contributed by atoms with van der Waals surface area (Å²) in [4.78, 5) is 16.4. The first-order valence-electron chi connectivity index (χ1n) is 7.17. The number of aliphatic hydroxyl groups excluding tert-OH is 1. The van der Waals surface area contributed by atoms with Crippen molar-refractivity contribution in [3.05, 3.63) is 29.6 Å². The van der Waals surface area contributed by atoms with E-state index in [1.807, 2.05) is 0 Å². The number of aliphatic hydroxyl groups is 1. The third-order valence-corrected chi connectivity index (χ3v) is 4.76. The highest BCUT2D eigenvalue weighted by atomic mass is 16.2. The molecule has 1 aromatic rings. The van der Waals surface area contributed by atoms with Crippen molar-refractivity contribution in [1.82, 2.24) is 10.3 Å². The van der Waals surface area contributed by atoms with Crippen LogP contribution in [-0.4, -0.2) is 28.6 Å². The van der Waals surface area contributed by atoms with E-state index in [0.717, 1.165) is 5.56 Å². The van der Waals surface area contributed by atoms with Gasteiger partial charge in [-0.1, -0.05) is 39.5 Å². The molecular formula is C17H22N2O2. The predicted octanol–water partition coefficient (Wildman–Crippen LogP) is 1.98. The molecule has 0 atom stereocenters. The normalized spacial score (nSPS) is 18.5. The fraction of sp³-hybridized carbons (Fsp3) is 0.529. The van der Waals surface area contributed by atoms with Crippen molar-refractivity contribution < 1.29 is 9.90 Å².